The first kappa shape index (κ1) is 16.5. The Morgan fingerprint density at radius 1 is 1.26 bits per heavy atom. The predicted molar refractivity (Wildman–Crippen MR) is 89.2 cm³/mol. The van der Waals surface area contributed by atoms with E-state index in [1.165, 1.54) is 12.1 Å². The zero-order valence-electron chi connectivity index (χ0n) is 13.1. The summed E-state index contributed by atoms with van der Waals surface area (Å²) in [5.74, 6) is 0. The van der Waals surface area contributed by atoms with Gasteiger partial charge in [-0.3, -0.25) is 10.1 Å². The number of nitro benzene ring substituents is 1. The Morgan fingerprint density at radius 2 is 1.96 bits per heavy atom. The lowest BCUT2D eigenvalue weighted by atomic mass is 10.1. The summed E-state index contributed by atoms with van der Waals surface area (Å²) in [6, 6.07) is 16.4. The number of anilines is 1. The van der Waals surface area contributed by atoms with Crippen molar-refractivity contribution in [1.29, 1.82) is 5.26 Å². The zero-order valence-corrected chi connectivity index (χ0v) is 13.1. The highest BCUT2D eigenvalue weighted by Crippen LogP contribution is 2.24. The summed E-state index contributed by atoms with van der Waals surface area (Å²) < 4.78 is 0. The third-order valence-corrected chi connectivity index (χ3v) is 3.63. The fraction of sp³-hybridized carbons (Fsp3) is 0.235. The van der Waals surface area contributed by atoms with E-state index in [0.717, 1.165) is 5.56 Å². The average Bonchev–Trinajstić information content (AvgIpc) is 2.55. The standard InChI is InChI=1S/C17H18N4O2/c1-20(2)17(13-6-4-3-5-7-13)12-19-16-9-8-15(21(22)23)10-14(16)11-18/h3-10,17,19H,12H2,1-2H3/t17-/m0/s1. The van der Waals surface area contributed by atoms with Crippen LogP contribution in [0, 0.1) is 21.4 Å². The molecule has 2 rings (SSSR count). The highest BCUT2D eigenvalue weighted by Gasteiger charge is 2.15. The van der Waals surface area contributed by atoms with Gasteiger partial charge in [0.1, 0.15) is 6.07 Å². The van der Waals surface area contributed by atoms with Crippen LogP contribution in [-0.2, 0) is 0 Å². The van der Waals surface area contributed by atoms with Crippen molar-refractivity contribution in [2.75, 3.05) is 26.0 Å². The number of nitriles is 1. The molecule has 0 amide bonds. The van der Waals surface area contributed by atoms with E-state index < -0.39 is 4.92 Å². The molecular formula is C17H18N4O2. The molecule has 0 saturated heterocycles. The minimum atomic E-state index is -0.503. The lowest BCUT2D eigenvalue weighted by Crippen LogP contribution is -2.27. The zero-order chi connectivity index (χ0) is 16.8. The average molecular weight is 310 g/mol. The van der Waals surface area contributed by atoms with Gasteiger partial charge in [-0.2, -0.15) is 5.26 Å². The van der Waals surface area contributed by atoms with Gasteiger partial charge in [0.15, 0.2) is 0 Å². The highest BCUT2D eigenvalue weighted by molar-refractivity contribution is 5.61. The smallest absolute Gasteiger partial charge is 0.270 e. The van der Waals surface area contributed by atoms with E-state index in [9.17, 15) is 15.4 Å². The molecule has 0 saturated carbocycles. The van der Waals surface area contributed by atoms with E-state index in [2.05, 4.69) is 10.2 Å². The lowest BCUT2D eigenvalue weighted by molar-refractivity contribution is -0.384. The van der Waals surface area contributed by atoms with Gasteiger partial charge in [-0.05, 0) is 25.7 Å². The highest BCUT2D eigenvalue weighted by atomic mass is 16.6. The Bertz CT molecular complexity index is 723. The topological polar surface area (TPSA) is 82.2 Å². The van der Waals surface area contributed by atoms with Crippen molar-refractivity contribution >= 4 is 11.4 Å². The molecule has 6 nitrogen and oxygen atoms in total. The second-order valence-electron chi connectivity index (χ2n) is 5.37. The Labute approximate surface area is 135 Å². The van der Waals surface area contributed by atoms with Gasteiger partial charge in [-0.1, -0.05) is 30.3 Å². The van der Waals surface area contributed by atoms with Crippen molar-refractivity contribution in [1.82, 2.24) is 4.90 Å². The molecule has 0 aliphatic rings. The van der Waals surface area contributed by atoms with Crippen LogP contribution in [0.3, 0.4) is 0 Å². The molecule has 0 heterocycles. The van der Waals surface area contributed by atoms with Crippen molar-refractivity contribution in [2.45, 2.75) is 6.04 Å². The Hall–Kier alpha value is -2.91. The molecule has 0 aliphatic carbocycles. The van der Waals surface area contributed by atoms with Gasteiger partial charge >= 0.3 is 0 Å². The number of nitrogens with one attached hydrogen (secondary N) is 1. The van der Waals surface area contributed by atoms with Gasteiger partial charge < -0.3 is 10.2 Å². The van der Waals surface area contributed by atoms with Crippen molar-refractivity contribution in [3.63, 3.8) is 0 Å². The molecule has 23 heavy (non-hydrogen) atoms. The summed E-state index contributed by atoms with van der Waals surface area (Å²) in [5, 5.41) is 23.2. The third kappa shape index (κ3) is 4.05. The van der Waals surface area contributed by atoms with E-state index in [0.29, 0.717) is 12.2 Å². The molecule has 0 radical (unpaired) electrons. The van der Waals surface area contributed by atoms with Gasteiger partial charge in [0, 0.05) is 18.7 Å². The van der Waals surface area contributed by atoms with Gasteiger partial charge in [0.25, 0.3) is 5.69 Å². The van der Waals surface area contributed by atoms with Crippen LogP contribution in [0.5, 0.6) is 0 Å². The summed E-state index contributed by atoms with van der Waals surface area (Å²) in [4.78, 5) is 12.4. The molecule has 0 aliphatic heterocycles. The molecule has 1 N–H and O–H groups in total. The second-order valence-corrected chi connectivity index (χ2v) is 5.37. The number of non-ortho nitro benzene ring substituents is 1. The maximum atomic E-state index is 10.8. The molecule has 0 fully saturated rings. The van der Waals surface area contributed by atoms with Gasteiger partial charge in [-0.15, -0.1) is 0 Å². The van der Waals surface area contributed by atoms with E-state index in [4.69, 9.17) is 0 Å². The number of nitro groups is 1. The number of likely N-dealkylation sites (N-methyl/N-ethyl adjacent to an activating group) is 1. The first-order valence-electron chi connectivity index (χ1n) is 7.16. The molecule has 0 unspecified atom stereocenters. The summed E-state index contributed by atoms with van der Waals surface area (Å²) in [5.41, 5.74) is 1.94. The minimum Gasteiger partial charge on any atom is -0.382 e. The van der Waals surface area contributed by atoms with Crippen LogP contribution in [0.2, 0.25) is 0 Å². The molecule has 1 atom stereocenters. The van der Waals surface area contributed by atoms with Crippen LogP contribution in [0.4, 0.5) is 11.4 Å². The van der Waals surface area contributed by atoms with Crippen LogP contribution in [0.15, 0.2) is 48.5 Å². The predicted octanol–water partition coefficient (Wildman–Crippen LogP) is 3.18. The summed E-state index contributed by atoms with van der Waals surface area (Å²) in [6.07, 6.45) is 0. The maximum absolute atomic E-state index is 10.8. The fourth-order valence-corrected chi connectivity index (χ4v) is 2.37. The number of nitrogens with zero attached hydrogens (tertiary/aromatic N) is 3. The van der Waals surface area contributed by atoms with Crippen molar-refractivity contribution < 1.29 is 4.92 Å². The lowest BCUT2D eigenvalue weighted by Gasteiger charge is -2.25. The molecular weight excluding hydrogens is 292 g/mol. The maximum Gasteiger partial charge on any atom is 0.270 e. The molecule has 0 aromatic heterocycles. The van der Waals surface area contributed by atoms with Crippen molar-refractivity contribution in [3.8, 4) is 6.07 Å². The third-order valence-electron chi connectivity index (χ3n) is 3.63. The van der Waals surface area contributed by atoms with Crippen LogP contribution in [0.25, 0.3) is 0 Å². The van der Waals surface area contributed by atoms with Gasteiger partial charge in [-0.25, -0.2) is 0 Å². The second kappa shape index (κ2) is 7.38. The molecule has 0 spiro atoms. The molecule has 118 valence electrons. The Balaban J connectivity index is 2.19. The van der Waals surface area contributed by atoms with E-state index in [1.807, 2.05) is 50.5 Å². The summed E-state index contributed by atoms with van der Waals surface area (Å²) in [6.45, 7) is 0.587. The molecule has 6 heteroatoms. The molecule has 0 bridgehead atoms. The number of hydrogen-bond donors (Lipinski definition) is 1. The summed E-state index contributed by atoms with van der Waals surface area (Å²) in [7, 11) is 3.97. The van der Waals surface area contributed by atoms with Crippen molar-refractivity contribution in [2.24, 2.45) is 0 Å². The monoisotopic (exact) mass is 310 g/mol. The molecule has 2 aromatic rings. The normalized spacial score (nSPS) is 11.7. The number of rotatable bonds is 6. The van der Waals surface area contributed by atoms with Crippen LogP contribution < -0.4 is 5.32 Å². The Kier molecular flexibility index (Phi) is 5.28. The van der Waals surface area contributed by atoms with Crippen molar-refractivity contribution in [3.05, 3.63) is 69.8 Å². The van der Waals surface area contributed by atoms with Crippen LogP contribution >= 0.6 is 0 Å². The van der Waals surface area contributed by atoms with Crippen LogP contribution in [0.1, 0.15) is 17.2 Å². The van der Waals surface area contributed by atoms with E-state index in [1.54, 1.807) is 6.07 Å². The SMILES string of the molecule is CN(C)[C@@H](CNc1ccc([N+](=O)[O-])cc1C#N)c1ccccc1. The van der Waals surface area contributed by atoms with Gasteiger partial charge in [0.2, 0.25) is 0 Å². The first-order chi connectivity index (χ1) is 11.0. The molecule has 2 aromatic carbocycles. The fourth-order valence-electron chi connectivity index (χ4n) is 2.37. The van der Waals surface area contributed by atoms with Gasteiger partial charge in [0.05, 0.1) is 22.2 Å². The Morgan fingerprint density at radius 3 is 2.52 bits per heavy atom. The largest absolute Gasteiger partial charge is 0.382 e. The van der Waals surface area contributed by atoms with E-state index >= 15 is 0 Å². The quantitative estimate of drug-likeness (QED) is 0.654. The summed E-state index contributed by atoms with van der Waals surface area (Å²) >= 11 is 0. The van der Waals surface area contributed by atoms with Crippen LogP contribution in [-0.4, -0.2) is 30.5 Å². The minimum absolute atomic E-state index is 0.0840. The number of hydrogen-bond acceptors (Lipinski definition) is 5. The van der Waals surface area contributed by atoms with E-state index in [-0.39, 0.29) is 17.3 Å². The first-order valence-corrected chi connectivity index (χ1v) is 7.16. The number of benzene rings is 2.